The van der Waals surface area contributed by atoms with Gasteiger partial charge in [-0.25, -0.2) is 14.6 Å². The van der Waals surface area contributed by atoms with Crippen LogP contribution in [0, 0.1) is 11.8 Å². The molecule has 9 nitrogen and oxygen atoms in total. The van der Waals surface area contributed by atoms with Crippen LogP contribution < -0.4 is 10.1 Å². The summed E-state index contributed by atoms with van der Waals surface area (Å²) < 4.78 is 17.7. The lowest BCUT2D eigenvalue weighted by Gasteiger charge is -2.31. The number of aromatic nitrogens is 1. The Morgan fingerprint density at radius 1 is 0.952 bits per heavy atom. The van der Waals surface area contributed by atoms with Gasteiger partial charge in [-0.1, -0.05) is 43.9 Å². The molecule has 2 aliphatic carbocycles. The quantitative estimate of drug-likeness (QED) is 0.481. The predicted octanol–water partition coefficient (Wildman–Crippen LogP) is 5.33. The van der Waals surface area contributed by atoms with Crippen molar-refractivity contribution in [1.82, 2.24) is 15.2 Å². The number of hydrogen-bond donors (Lipinski definition) is 1. The SMILES string of the molecule is COC(=O)[C@@H]1C[C@@H]2CN1C(=O)[C@H](C1CCCC1)NC(=O)O[C@H]1CCC[C@@H]1CCCCCc1nc3ccccc3cc1O2. The molecule has 226 valence electrons. The molecule has 5 atom stereocenters. The molecule has 2 saturated carbocycles. The molecule has 1 N–H and O–H groups in total. The molecule has 0 unspecified atom stereocenters. The zero-order chi connectivity index (χ0) is 29.1. The number of benzene rings is 1. The fourth-order valence-corrected chi connectivity index (χ4v) is 7.60. The number of aryl methyl sites for hydroxylation is 1. The van der Waals surface area contributed by atoms with Gasteiger partial charge in [0.15, 0.2) is 0 Å². The number of carbonyl (C=O) groups is 3. The van der Waals surface area contributed by atoms with Crippen molar-refractivity contribution in [2.24, 2.45) is 11.8 Å². The number of nitrogens with one attached hydrogen (secondary N) is 1. The first-order valence-electron chi connectivity index (χ1n) is 15.9. The molecule has 42 heavy (non-hydrogen) atoms. The van der Waals surface area contributed by atoms with E-state index in [0.29, 0.717) is 18.1 Å². The second kappa shape index (κ2) is 12.9. The van der Waals surface area contributed by atoms with Gasteiger partial charge >= 0.3 is 12.1 Å². The van der Waals surface area contributed by atoms with Crippen molar-refractivity contribution in [3.63, 3.8) is 0 Å². The second-order valence-electron chi connectivity index (χ2n) is 12.5. The average Bonchev–Trinajstić information content (AvgIpc) is 3.77. The van der Waals surface area contributed by atoms with Gasteiger partial charge in [0.05, 0.1) is 24.9 Å². The number of pyridine rings is 1. The lowest BCUT2D eigenvalue weighted by atomic mass is 9.96. The van der Waals surface area contributed by atoms with Gasteiger partial charge in [-0.3, -0.25) is 4.79 Å². The molecule has 6 rings (SSSR count). The van der Waals surface area contributed by atoms with Crippen LogP contribution in [0.4, 0.5) is 4.79 Å². The number of nitrogens with zero attached hydrogens (tertiary/aromatic N) is 2. The Kier molecular flexibility index (Phi) is 8.81. The highest BCUT2D eigenvalue weighted by molar-refractivity contribution is 5.90. The summed E-state index contributed by atoms with van der Waals surface area (Å²) in [6.45, 7) is 0.232. The molecule has 1 aromatic carbocycles. The van der Waals surface area contributed by atoms with Crippen molar-refractivity contribution in [2.75, 3.05) is 13.7 Å². The summed E-state index contributed by atoms with van der Waals surface area (Å²) in [5.74, 6) is 0.322. The number of ether oxygens (including phenoxy) is 3. The van der Waals surface area contributed by atoms with Crippen LogP contribution in [-0.4, -0.2) is 65.8 Å². The minimum absolute atomic E-state index is 0.00424. The van der Waals surface area contributed by atoms with Crippen molar-refractivity contribution in [1.29, 1.82) is 0 Å². The number of para-hydroxylation sites is 1. The number of hydrogen-bond acceptors (Lipinski definition) is 7. The van der Waals surface area contributed by atoms with Crippen LogP contribution in [0.1, 0.15) is 82.7 Å². The van der Waals surface area contributed by atoms with E-state index in [9.17, 15) is 14.4 Å². The summed E-state index contributed by atoms with van der Waals surface area (Å²) in [7, 11) is 1.34. The number of methoxy groups -OCH3 is 1. The molecular weight excluding hydrogens is 534 g/mol. The Morgan fingerprint density at radius 3 is 2.55 bits per heavy atom. The highest BCUT2D eigenvalue weighted by Gasteiger charge is 2.46. The van der Waals surface area contributed by atoms with Gasteiger partial charge in [0, 0.05) is 11.8 Å². The average molecular weight is 578 g/mol. The van der Waals surface area contributed by atoms with Gasteiger partial charge in [0.25, 0.3) is 0 Å². The lowest BCUT2D eigenvalue weighted by Crippen LogP contribution is -2.55. The summed E-state index contributed by atoms with van der Waals surface area (Å²) >= 11 is 0. The number of esters is 1. The molecule has 9 heteroatoms. The summed E-state index contributed by atoms with van der Waals surface area (Å²) in [5.41, 5.74) is 1.84. The first-order valence-corrected chi connectivity index (χ1v) is 15.9. The molecule has 0 spiro atoms. The van der Waals surface area contributed by atoms with Gasteiger partial charge in [-0.15, -0.1) is 0 Å². The standard InChI is InChI=1S/C33H43N3O6/c1-40-32(38)27-19-24-20-36(27)31(37)30(22-11-5-6-12-22)35-33(39)42-28-17-9-14-21(28)10-3-2-4-16-26-29(41-24)18-23-13-7-8-15-25(23)34-26/h7-8,13,15,18,21-22,24,27-28,30H,2-6,9-12,14,16-17,19-20H2,1H3,(H,35,39)/t21-,24+,27-,28-,30-/m0/s1. The molecule has 4 aliphatic rings. The summed E-state index contributed by atoms with van der Waals surface area (Å²) in [5, 5.41) is 3.96. The van der Waals surface area contributed by atoms with Gasteiger partial charge in [0.2, 0.25) is 5.91 Å². The van der Waals surface area contributed by atoms with Crippen molar-refractivity contribution < 1.29 is 28.6 Å². The van der Waals surface area contributed by atoms with Crippen LogP contribution >= 0.6 is 0 Å². The fraction of sp³-hybridized carbons (Fsp3) is 0.636. The zero-order valence-corrected chi connectivity index (χ0v) is 24.6. The van der Waals surface area contributed by atoms with Gasteiger partial charge < -0.3 is 24.4 Å². The highest BCUT2D eigenvalue weighted by atomic mass is 16.6. The van der Waals surface area contributed by atoms with Crippen LogP contribution in [0.3, 0.4) is 0 Å². The van der Waals surface area contributed by atoms with Crippen LogP contribution in [0.2, 0.25) is 0 Å². The lowest BCUT2D eigenvalue weighted by molar-refractivity contribution is -0.152. The molecule has 1 aromatic heterocycles. The Hall–Kier alpha value is -3.36. The van der Waals surface area contributed by atoms with E-state index in [0.717, 1.165) is 93.6 Å². The topological polar surface area (TPSA) is 107 Å². The first kappa shape index (κ1) is 28.7. The monoisotopic (exact) mass is 577 g/mol. The third-order valence-corrected chi connectivity index (χ3v) is 9.82. The maximum Gasteiger partial charge on any atom is 0.408 e. The van der Waals surface area contributed by atoms with Gasteiger partial charge in [-0.05, 0) is 75.3 Å². The third-order valence-electron chi connectivity index (χ3n) is 9.82. The predicted molar refractivity (Wildman–Crippen MR) is 157 cm³/mol. The number of amides is 2. The molecule has 3 heterocycles. The van der Waals surface area contributed by atoms with E-state index in [1.165, 1.54) is 7.11 Å². The van der Waals surface area contributed by atoms with E-state index in [4.69, 9.17) is 19.2 Å². The van der Waals surface area contributed by atoms with Gasteiger partial charge in [0.1, 0.15) is 30.0 Å². The molecule has 2 amide bonds. The zero-order valence-electron chi connectivity index (χ0n) is 24.6. The molecule has 2 aliphatic heterocycles. The smallest absolute Gasteiger partial charge is 0.408 e. The van der Waals surface area contributed by atoms with Crippen LogP contribution in [0.15, 0.2) is 30.3 Å². The van der Waals surface area contributed by atoms with E-state index < -0.39 is 30.3 Å². The largest absolute Gasteiger partial charge is 0.487 e. The number of carbonyl (C=O) groups excluding carboxylic acids is 3. The van der Waals surface area contributed by atoms with E-state index in [-0.39, 0.29) is 24.5 Å². The van der Waals surface area contributed by atoms with E-state index in [2.05, 4.69) is 5.32 Å². The van der Waals surface area contributed by atoms with Crippen LogP contribution in [-0.2, 0) is 25.5 Å². The van der Waals surface area contributed by atoms with E-state index in [1.54, 1.807) is 4.90 Å². The minimum Gasteiger partial charge on any atom is -0.487 e. The normalized spacial score (nSPS) is 29.5. The minimum atomic E-state index is -0.785. The maximum absolute atomic E-state index is 14.2. The molecular formula is C33H43N3O6. The third kappa shape index (κ3) is 6.20. The number of alkyl carbamates (subject to hydrolysis) is 1. The van der Waals surface area contributed by atoms with E-state index >= 15 is 0 Å². The summed E-state index contributed by atoms with van der Waals surface area (Å²) in [4.78, 5) is 46.9. The van der Waals surface area contributed by atoms with Crippen LogP contribution in [0.25, 0.3) is 10.9 Å². The fourth-order valence-electron chi connectivity index (χ4n) is 7.60. The molecule has 2 aromatic rings. The first-order chi connectivity index (χ1) is 20.5. The van der Waals surface area contributed by atoms with Crippen molar-refractivity contribution in [2.45, 2.75) is 108 Å². The molecule has 2 bridgehead atoms. The van der Waals surface area contributed by atoms with E-state index in [1.807, 2.05) is 30.3 Å². The maximum atomic E-state index is 14.2. The summed E-state index contributed by atoms with van der Waals surface area (Å²) in [6.07, 6.45) is 10.9. The Morgan fingerprint density at radius 2 is 1.71 bits per heavy atom. The Balaban J connectivity index is 1.33. The van der Waals surface area contributed by atoms with Gasteiger partial charge in [-0.2, -0.15) is 0 Å². The number of fused-ring (bicyclic) bond motifs is 5. The number of rotatable bonds is 2. The molecule has 0 radical (unpaired) electrons. The Bertz CT molecular complexity index is 1290. The Labute approximate surface area is 247 Å². The highest BCUT2D eigenvalue weighted by Crippen LogP contribution is 2.35. The molecule has 1 saturated heterocycles. The van der Waals surface area contributed by atoms with Crippen LogP contribution in [0.5, 0.6) is 5.75 Å². The summed E-state index contributed by atoms with van der Waals surface area (Å²) in [6, 6.07) is 8.52. The second-order valence-corrected chi connectivity index (χ2v) is 12.5. The van der Waals surface area contributed by atoms with Crippen molar-refractivity contribution in [3.05, 3.63) is 36.0 Å². The van der Waals surface area contributed by atoms with Crippen molar-refractivity contribution in [3.8, 4) is 5.75 Å². The molecule has 3 fully saturated rings. The van der Waals surface area contributed by atoms with Crippen molar-refractivity contribution >= 4 is 28.9 Å².